The number of hydrogen-bond donors (Lipinski definition) is 1. The SMILES string of the molecule is Cc1cc(NC[C@H]2Cc3ccccc3CN2C)n2nc(C)c(C)c2n1. The zero-order chi connectivity index (χ0) is 17.6. The van der Waals surface area contributed by atoms with Crippen LogP contribution < -0.4 is 5.32 Å². The number of likely N-dealkylation sites (N-methyl/N-ethyl adjacent to an activating group) is 1. The Morgan fingerprint density at radius 3 is 2.72 bits per heavy atom. The highest BCUT2D eigenvalue weighted by Gasteiger charge is 2.23. The Balaban J connectivity index is 1.58. The Labute approximate surface area is 148 Å². The molecule has 3 aromatic rings. The molecule has 1 aromatic carbocycles. The number of rotatable bonds is 3. The van der Waals surface area contributed by atoms with Gasteiger partial charge in [0.25, 0.3) is 0 Å². The van der Waals surface area contributed by atoms with Crippen LogP contribution in [0.1, 0.15) is 28.1 Å². The van der Waals surface area contributed by atoms with Crippen LogP contribution in [0.15, 0.2) is 30.3 Å². The molecule has 25 heavy (non-hydrogen) atoms. The lowest BCUT2D eigenvalue weighted by Gasteiger charge is -2.34. The summed E-state index contributed by atoms with van der Waals surface area (Å²) in [6.07, 6.45) is 1.07. The third kappa shape index (κ3) is 2.89. The van der Waals surface area contributed by atoms with E-state index < -0.39 is 0 Å². The molecule has 130 valence electrons. The van der Waals surface area contributed by atoms with E-state index in [4.69, 9.17) is 0 Å². The number of nitrogens with zero attached hydrogens (tertiary/aromatic N) is 4. The first-order valence-corrected chi connectivity index (χ1v) is 8.87. The van der Waals surface area contributed by atoms with Crippen molar-refractivity contribution in [2.45, 2.75) is 39.8 Å². The summed E-state index contributed by atoms with van der Waals surface area (Å²) in [4.78, 5) is 7.08. The van der Waals surface area contributed by atoms with Crippen LogP contribution in [-0.2, 0) is 13.0 Å². The maximum Gasteiger partial charge on any atom is 0.160 e. The first-order chi connectivity index (χ1) is 12.0. The molecular weight excluding hydrogens is 310 g/mol. The predicted octanol–water partition coefficient (Wildman–Crippen LogP) is 3.12. The van der Waals surface area contributed by atoms with Gasteiger partial charge in [-0.25, -0.2) is 4.98 Å². The van der Waals surface area contributed by atoms with Crippen LogP contribution in [0.2, 0.25) is 0 Å². The van der Waals surface area contributed by atoms with Crippen LogP contribution in [0.25, 0.3) is 5.65 Å². The van der Waals surface area contributed by atoms with Crippen LogP contribution in [0.5, 0.6) is 0 Å². The standard InChI is InChI=1S/C20H25N5/c1-13-9-19(25-20(22-13)14(2)15(3)23-25)21-11-18-10-16-7-5-6-8-17(16)12-24(18)4/h5-9,18,21H,10-12H2,1-4H3/t18-/m1/s1. The van der Waals surface area contributed by atoms with Crippen LogP contribution in [0, 0.1) is 20.8 Å². The van der Waals surface area contributed by atoms with E-state index in [9.17, 15) is 0 Å². The van der Waals surface area contributed by atoms with Crippen molar-refractivity contribution in [3.63, 3.8) is 0 Å². The van der Waals surface area contributed by atoms with Gasteiger partial charge in [-0.2, -0.15) is 9.61 Å². The number of anilines is 1. The molecule has 1 atom stereocenters. The second kappa shape index (κ2) is 6.15. The van der Waals surface area contributed by atoms with Crippen molar-refractivity contribution in [2.24, 2.45) is 0 Å². The van der Waals surface area contributed by atoms with Crippen molar-refractivity contribution in [1.29, 1.82) is 0 Å². The second-order valence-corrected chi connectivity index (χ2v) is 7.15. The normalized spacial score (nSPS) is 17.7. The molecule has 5 nitrogen and oxygen atoms in total. The monoisotopic (exact) mass is 335 g/mol. The van der Waals surface area contributed by atoms with Gasteiger partial charge in [-0.3, -0.25) is 4.90 Å². The number of benzene rings is 1. The molecule has 0 saturated carbocycles. The molecular formula is C20H25N5. The molecule has 0 fully saturated rings. The zero-order valence-electron chi connectivity index (χ0n) is 15.4. The van der Waals surface area contributed by atoms with E-state index in [0.29, 0.717) is 6.04 Å². The summed E-state index contributed by atoms with van der Waals surface area (Å²) in [5, 5.41) is 8.27. The highest BCUT2D eigenvalue weighted by atomic mass is 15.3. The quantitative estimate of drug-likeness (QED) is 0.799. The summed E-state index contributed by atoms with van der Waals surface area (Å²) in [5.41, 5.74) is 7.05. The largest absolute Gasteiger partial charge is 0.368 e. The van der Waals surface area contributed by atoms with Gasteiger partial charge in [0.15, 0.2) is 5.65 Å². The molecule has 0 radical (unpaired) electrons. The molecule has 0 bridgehead atoms. The Bertz CT molecular complexity index is 927. The molecule has 0 unspecified atom stereocenters. The van der Waals surface area contributed by atoms with Crippen LogP contribution >= 0.6 is 0 Å². The van der Waals surface area contributed by atoms with Gasteiger partial charge in [0, 0.05) is 36.5 Å². The molecule has 5 heteroatoms. The molecule has 0 aliphatic carbocycles. The van der Waals surface area contributed by atoms with E-state index in [2.05, 4.69) is 64.6 Å². The fraction of sp³-hybridized carbons (Fsp3) is 0.400. The van der Waals surface area contributed by atoms with E-state index in [1.54, 1.807) is 0 Å². The van der Waals surface area contributed by atoms with Gasteiger partial charge in [-0.1, -0.05) is 24.3 Å². The van der Waals surface area contributed by atoms with Crippen molar-refractivity contribution in [3.05, 3.63) is 58.4 Å². The van der Waals surface area contributed by atoms with Crippen LogP contribution in [0.3, 0.4) is 0 Å². The molecule has 1 aliphatic heterocycles. The van der Waals surface area contributed by atoms with E-state index in [0.717, 1.165) is 47.9 Å². The van der Waals surface area contributed by atoms with E-state index in [-0.39, 0.29) is 0 Å². The van der Waals surface area contributed by atoms with Crippen molar-refractivity contribution in [2.75, 3.05) is 18.9 Å². The average molecular weight is 335 g/mol. The summed E-state index contributed by atoms with van der Waals surface area (Å²) in [6.45, 7) is 8.05. The van der Waals surface area contributed by atoms with Gasteiger partial charge in [-0.05, 0) is 45.4 Å². The summed E-state index contributed by atoms with van der Waals surface area (Å²) >= 11 is 0. The lowest BCUT2D eigenvalue weighted by molar-refractivity contribution is 0.224. The summed E-state index contributed by atoms with van der Waals surface area (Å²) in [6, 6.07) is 11.3. The van der Waals surface area contributed by atoms with Gasteiger partial charge in [0.05, 0.1) is 5.69 Å². The molecule has 4 rings (SSSR count). The predicted molar refractivity (Wildman–Crippen MR) is 101 cm³/mol. The Morgan fingerprint density at radius 2 is 1.92 bits per heavy atom. The third-order valence-corrected chi connectivity index (χ3v) is 5.32. The summed E-state index contributed by atoms with van der Waals surface area (Å²) in [7, 11) is 2.21. The van der Waals surface area contributed by atoms with Gasteiger partial charge < -0.3 is 5.32 Å². The number of fused-ring (bicyclic) bond motifs is 2. The minimum absolute atomic E-state index is 0.469. The van der Waals surface area contributed by atoms with Gasteiger partial charge >= 0.3 is 0 Å². The fourth-order valence-corrected chi connectivity index (χ4v) is 3.65. The first-order valence-electron chi connectivity index (χ1n) is 8.87. The number of nitrogens with one attached hydrogen (secondary N) is 1. The Hall–Kier alpha value is -2.40. The van der Waals surface area contributed by atoms with E-state index in [1.165, 1.54) is 11.1 Å². The van der Waals surface area contributed by atoms with E-state index >= 15 is 0 Å². The Kier molecular flexibility index (Phi) is 3.96. The summed E-state index contributed by atoms with van der Waals surface area (Å²) in [5.74, 6) is 1.02. The smallest absolute Gasteiger partial charge is 0.160 e. The molecule has 3 heterocycles. The molecule has 1 N–H and O–H groups in total. The topological polar surface area (TPSA) is 45.5 Å². The molecule has 0 amide bonds. The van der Waals surface area contributed by atoms with Crippen molar-refractivity contribution >= 4 is 11.5 Å². The van der Waals surface area contributed by atoms with E-state index in [1.807, 2.05) is 18.4 Å². The van der Waals surface area contributed by atoms with Gasteiger partial charge in [0.1, 0.15) is 5.82 Å². The number of aryl methyl sites for hydroxylation is 3. The molecule has 0 spiro atoms. The fourth-order valence-electron chi connectivity index (χ4n) is 3.65. The minimum atomic E-state index is 0.469. The second-order valence-electron chi connectivity index (χ2n) is 7.15. The van der Waals surface area contributed by atoms with Crippen molar-refractivity contribution in [1.82, 2.24) is 19.5 Å². The lowest BCUT2D eigenvalue weighted by atomic mass is 9.94. The zero-order valence-corrected chi connectivity index (χ0v) is 15.4. The highest BCUT2D eigenvalue weighted by Crippen LogP contribution is 2.23. The number of aromatic nitrogens is 3. The van der Waals surface area contributed by atoms with Gasteiger partial charge in [0.2, 0.25) is 0 Å². The number of hydrogen-bond acceptors (Lipinski definition) is 4. The first kappa shape index (κ1) is 16.1. The lowest BCUT2D eigenvalue weighted by Crippen LogP contribution is -2.42. The maximum atomic E-state index is 4.65. The van der Waals surface area contributed by atoms with Crippen molar-refractivity contribution in [3.8, 4) is 0 Å². The molecule has 2 aromatic heterocycles. The average Bonchev–Trinajstić information content (AvgIpc) is 2.88. The summed E-state index contributed by atoms with van der Waals surface area (Å²) < 4.78 is 1.94. The van der Waals surface area contributed by atoms with Crippen molar-refractivity contribution < 1.29 is 0 Å². The molecule has 1 aliphatic rings. The van der Waals surface area contributed by atoms with Crippen LogP contribution in [0.4, 0.5) is 5.82 Å². The third-order valence-electron chi connectivity index (χ3n) is 5.32. The van der Waals surface area contributed by atoms with Gasteiger partial charge in [-0.15, -0.1) is 0 Å². The minimum Gasteiger partial charge on any atom is -0.368 e. The van der Waals surface area contributed by atoms with Crippen LogP contribution in [-0.4, -0.2) is 39.1 Å². The highest BCUT2D eigenvalue weighted by molar-refractivity contribution is 5.56. The molecule has 0 saturated heterocycles. The maximum absolute atomic E-state index is 4.65. The Morgan fingerprint density at radius 1 is 1.16 bits per heavy atom.